The lowest BCUT2D eigenvalue weighted by molar-refractivity contribution is -0.136. The number of benzene rings is 2. The lowest BCUT2D eigenvalue weighted by Gasteiger charge is -2.34. The van der Waals surface area contributed by atoms with Crippen LogP contribution in [-0.4, -0.2) is 54.5 Å². The fourth-order valence-corrected chi connectivity index (χ4v) is 3.53. The predicted molar refractivity (Wildman–Crippen MR) is 108 cm³/mol. The van der Waals surface area contributed by atoms with Gasteiger partial charge in [-0.1, -0.05) is 42.5 Å². The highest BCUT2D eigenvalue weighted by Gasteiger charge is 2.22. The molecule has 6 heteroatoms. The second-order valence-electron chi connectivity index (χ2n) is 6.20. The predicted octanol–water partition coefficient (Wildman–Crippen LogP) is 2.79. The van der Waals surface area contributed by atoms with Gasteiger partial charge in [0.15, 0.2) is 6.61 Å². The summed E-state index contributed by atoms with van der Waals surface area (Å²) in [6, 6.07) is 17.5. The Morgan fingerprint density at radius 3 is 2.27 bits per heavy atom. The molecule has 0 aliphatic carbocycles. The Balaban J connectivity index is 1.44. The first-order valence-electron chi connectivity index (χ1n) is 8.59. The molecule has 0 spiro atoms. The number of halogens is 1. The van der Waals surface area contributed by atoms with E-state index in [1.54, 1.807) is 17.0 Å². The average molecular weight is 464 g/mol. The molecule has 1 aliphatic rings. The highest BCUT2D eigenvalue weighted by atomic mass is 127. The molecule has 136 valence electrons. The number of hydrogen-bond acceptors (Lipinski definition) is 4. The van der Waals surface area contributed by atoms with Crippen LogP contribution in [0.25, 0.3) is 0 Å². The zero-order valence-electron chi connectivity index (χ0n) is 14.4. The third-order valence-corrected chi connectivity index (χ3v) is 5.34. The summed E-state index contributed by atoms with van der Waals surface area (Å²) in [5.41, 5.74) is 1.77. The van der Waals surface area contributed by atoms with E-state index >= 15 is 0 Å². The molecule has 0 unspecified atom stereocenters. The van der Waals surface area contributed by atoms with Crippen LogP contribution in [-0.2, 0) is 16.1 Å². The minimum absolute atomic E-state index is 0.136. The molecule has 0 saturated carbocycles. The lowest BCUT2D eigenvalue weighted by Crippen LogP contribution is -2.49. The number of nitrogens with zero attached hydrogens (tertiary/aromatic N) is 2. The molecule has 0 aromatic heterocycles. The third kappa shape index (κ3) is 5.04. The van der Waals surface area contributed by atoms with Crippen molar-refractivity contribution in [1.29, 1.82) is 0 Å². The number of esters is 1. The van der Waals surface area contributed by atoms with Crippen molar-refractivity contribution in [3.63, 3.8) is 0 Å². The molecule has 0 bridgehead atoms. The van der Waals surface area contributed by atoms with Crippen molar-refractivity contribution in [3.05, 3.63) is 69.3 Å². The van der Waals surface area contributed by atoms with E-state index in [1.165, 1.54) is 5.56 Å². The fraction of sp³-hybridized carbons (Fsp3) is 0.300. The fourth-order valence-electron chi connectivity index (χ4n) is 2.92. The van der Waals surface area contributed by atoms with Gasteiger partial charge < -0.3 is 9.64 Å². The molecule has 2 aromatic carbocycles. The standard InChI is InChI=1S/C20H21IN2O3/c21-18-9-5-4-8-17(18)20(25)26-15-19(24)23-12-10-22(11-13-23)14-16-6-2-1-3-7-16/h1-9H,10-15H2. The van der Waals surface area contributed by atoms with E-state index < -0.39 is 5.97 Å². The number of carbonyl (C=O) groups excluding carboxylic acids is 2. The van der Waals surface area contributed by atoms with Crippen LogP contribution in [0, 0.1) is 3.57 Å². The van der Waals surface area contributed by atoms with Gasteiger partial charge in [0.05, 0.1) is 5.56 Å². The van der Waals surface area contributed by atoms with Gasteiger partial charge in [-0.3, -0.25) is 9.69 Å². The minimum Gasteiger partial charge on any atom is -0.452 e. The van der Waals surface area contributed by atoms with Gasteiger partial charge in [0.25, 0.3) is 5.91 Å². The average Bonchev–Trinajstić information content (AvgIpc) is 2.67. The highest BCUT2D eigenvalue weighted by molar-refractivity contribution is 14.1. The van der Waals surface area contributed by atoms with Gasteiger partial charge in [0.1, 0.15) is 0 Å². The Morgan fingerprint density at radius 1 is 0.923 bits per heavy atom. The second-order valence-corrected chi connectivity index (χ2v) is 7.36. The zero-order valence-corrected chi connectivity index (χ0v) is 16.6. The van der Waals surface area contributed by atoms with Gasteiger partial charge in [0.2, 0.25) is 0 Å². The molecule has 1 saturated heterocycles. The Labute approximate surface area is 167 Å². The number of hydrogen-bond donors (Lipinski definition) is 0. The molecular weight excluding hydrogens is 443 g/mol. The van der Waals surface area contributed by atoms with Crippen molar-refractivity contribution in [2.45, 2.75) is 6.54 Å². The van der Waals surface area contributed by atoms with E-state index in [0.29, 0.717) is 18.7 Å². The lowest BCUT2D eigenvalue weighted by atomic mass is 10.2. The maximum atomic E-state index is 12.3. The van der Waals surface area contributed by atoms with E-state index in [4.69, 9.17) is 4.74 Å². The summed E-state index contributed by atoms with van der Waals surface area (Å²) in [5.74, 6) is -0.588. The Bertz CT molecular complexity index is 759. The van der Waals surface area contributed by atoms with E-state index in [1.807, 2.05) is 30.3 Å². The first kappa shape index (κ1) is 18.8. The quantitative estimate of drug-likeness (QED) is 0.505. The van der Waals surface area contributed by atoms with Crippen molar-refractivity contribution in [2.75, 3.05) is 32.8 Å². The van der Waals surface area contributed by atoms with Gasteiger partial charge in [-0.15, -0.1) is 0 Å². The molecule has 1 heterocycles. The van der Waals surface area contributed by atoms with Gasteiger partial charge in [-0.05, 0) is 40.3 Å². The molecule has 26 heavy (non-hydrogen) atoms. The van der Waals surface area contributed by atoms with Crippen LogP contribution in [0.15, 0.2) is 54.6 Å². The summed E-state index contributed by atoms with van der Waals surface area (Å²) in [5, 5.41) is 0. The van der Waals surface area contributed by atoms with Crippen molar-refractivity contribution in [2.24, 2.45) is 0 Å². The summed E-state index contributed by atoms with van der Waals surface area (Å²) < 4.78 is 6.01. The van der Waals surface area contributed by atoms with Gasteiger partial charge in [-0.2, -0.15) is 0 Å². The number of ether oxygens (including phenoxy) is 1. The van der Waals surface area contributed by atoms with Crippen LogP contribution >= 0.6 is 22.6 Å². The number of carbonyl (C=O) groups is 2. The first-order valence-corrected chi connectivity index (χ1v) is 9.67. The minimum atomic E-state index is -0.453. The van der Waals surface area contributed by atoms with Crippen LogP contribution in [0.1, 0.15) is 15.9 Å². The second kappa shape index (κ2) is 9.14. The summed E-state index contributed by atoms with van der Waals surface area (Å²) in [6.07, 6.45) is 0. The normalized spacial score (nSPS) is 14.9. The molecule has 0 radical (unpaired) electrons. The Morgan fingerprint density at radius 2 is 1.58 bits per heavy atom. The topological polar surface area (TPSA) is 49.9 Å². The van der Waals surface area contributed by atoms with E-state index in [2.05, 4.69) is 39.6 Å². The third-order valence-electron chi connectivity index (χ3n) is 4.39. The molecule has 1 aliphatic heterocycles. The summed E-state index contributed by atoms with van der Waals surface area (Å²) >= 11 is 2.09. The van der Waals surface area contributed by atoms with Crippen LogP contribution in [0.5, 0.6) is 0 Å². The zero-order chi connectivity index (χ0) is 18.4. The highest BCUT2D eigenvalue weighted by Crippen LogP contribution is 2.13. The maximum Gasteiger partial charge on any atom is 0.339 e. The summed E-state index contributed by atoms with van der Waals surface area (Å²) in [4.78, 5) is 28.5. The Hall–Kier alpha value is -1.93. The largest absolute Gasteiger partial charge is 0.452 e. The van der Waals surface area contributed by atoms with Gasteiger partial charge in [-0.25, -0.2) is 4.79 Å². The molecular formula is C20H21IN2O3. The van der Waals surface area contributed by atoms with Crippen LogP contribution in [0.3, 0.4) is 0 Å². The maximum absolute atomic E-state index is 12.3. The van der Waals surface area contributed by atoms with Gasteiger partial charge >= 0.3 is 5.97 Å². The molecule has 1 fully saturated rings. The molecule has 1 amide bonds. The number of piperazine rings is 1. The molecule has 0 atom stereocenters. The molecule has 5 nitrogen and oxygen atoms in total. The van der Waals surface area contributed by atoms with E-state index in [-0.39, 0.29) is 12.5 Å². The molecule has 2 aromatic rings. The van der Waals surface area contributed by atoms with E-state index in [0.717, 1.165) is 23.2 Å². The van der Waals surface area contributed by atoms with E-state index in [9.17, 15) is 9.59 Å². The number of rotatable bonds is 5. The van der Waals surface area contributed by atoms with Crippen molar-refractivity contribution in [1.82, 2.24) is 9.80 Å². The van der Waals surface area contributed by atoms with Gasteiger partial charge in [0, 0.05) is 36.3 Å². The smallest absolute Gasteiger partial charge is 0.339 e. The van der Waals surface area contributed by atoms with Crippen LogP contribution in [0.4, 0.5) is 0 Å². The molecule has 3 rings (SSSR count). The summed E-state index contributed by atoms with van der Waals surface area (Å²) in [7, 11) is 0. The van der Waals surface area contributed by atoms with Crippen molar-refractivity contribution in [3.8, 4) is 0 Å². The molecule has 0 N–H and O–H groups in total. The van der Waals surface area contributed by atoms with Crippen LogP contribution < -0.4 is 0 Å². The first-order chi connectivity index (χ1) is 12.6. The summed E-state index contributed by atoms with van der Waals surface area (Å²) in [6.45, 7) is 3.65. The van der Waals surface area contributed by atoms with Crippen molar-refractivity contribution < 1.29 is 14.3 Å². The Kier molecular flexibility index (Phi) is 6.62. The number of amides is 1. The monoisotopic (exact) mass is 464 g/mol. The van der Waals surface area contributed by atoms with Crippen LogP contribution in [0.2, 0.25) is 0 Å². The van der Waals surface area contributed by atoms with Crippen molar-refractivity contribution >= 4 is 34.5 Å². The SMILES string of the molecule is O=C(OCC(=O)N1CCN(Cc2ccccc2)CC1)c1ccccc1I.